The van der Waals surface area contributed by atoms with Crippen LogP contribution in [0.3, 0.4) is 0 Å². The number of nitrogens with zero attached hydrogens (tertiary/aromatic N) is 1. The number of ether oxygens (including phenoxy) is 1. The minimum Gasteiger partial charge on any atom is -0.508 e. The Morgan fingerprint density at radius 2 is 2.03 bits per heavy atom. The average molecular weight is 440 g/mol. The van der Waals surface area contributed by atoms with Gasteiger partial charge in [0.25, 0.3) is 0 Å². The highest BCUT2D eigenvalue weighted by molar-refractivity contribution is 6.32. The van der Waals surface area contributed by atoms with Crippen LogP contribution in [-0.2, 0) is 4.79 Å². The van der Waals surface area contributed by atoms with E-state index in [-0.39, 0.29) is 45.4 Å². The lowest BCUT2D eigenvalue weighted by Crippen LogP contribution is -2.10. The molecule has 0 saturated carbocycles. The van der Waals surface area contributed by atoms with Gasteiger partial charge in [0.05, 0.1) is 17.0 Å². The highest BCUT2D eigenvalue weighted by Crippen LogP contribution is 2.46. The number of benzene rings is 2. The summed E-state index contributed by atoms with van der Waals surface area (Å²) in [5, 5.41) is 20.1. The molecule has 6 nitrogen and oxygen atoms in total. The number of aromatic hydroxyl groups is 1. The van der Waals surface area contributed by atoms with Crippen LogP contribution in [-0.4, -0.2) is 26.9 Å². The molecule has 0 amide bonds. The molecule has 2 N–H and O–H groups in total. The summed E-state index contributed by atoms with van der Waals surface area (Å²) in [6.45, 7) is 0. The zero-order valence-electron chi connectivity index (χ0n) is 15.9. The summed E-state index contributed by atoms with van der Waals surface area (Å²) in [6, 6.07) is 10.1. The van der Waals surface area contributed by atoms with Crippen molar-refractivity contribution < 1.29 is 28.9 Å². The van der Waals surface area contributed by atoms with Gasteiger partial charge in [-0.1, -0.05) is 23.7 Å². The topological polar surface area (TPSA) is 96.7 Å². The van der Waals surface area contributed by atoms with Crippen LogP contribution in [0, 0.1) is 5.82 Å². The number of ketones is 1. The molecule has 1 aliphatic heterocycles. The van der Waals surface area contributed by atoms with Gasteiger partial charge >= 0.3 is 5.97 Å². The summed E-state index contributed by atoms with van der Waals surface area (Å²) in [4.78, 5) is 28.5. The standard InChI is InChI=1S/C23H15ClFNO5/c24-16-4-1-5-17(25)15(16)9-19-22(30)13-6-7-18(27)21(23(13)31-19)14(10-20(28)29)12-3-2-8-26-11-12/h1-9,11,14,27H,10H2,(H,28,29)/b19-9-/t14-/m1/s1. The summed E-state index contributed by atoms with van der Waals surface area (Å²) in [5.41, 5.74) is 0.787. The molecule has 3 aromatic rings. The van der Waals surface area contributed by atoms with E-state index in [1.807, 2.05) is 0 Å². The number of allylic oxidation sites excluding steroid dienone is 1. The lowest BCUT2D eigenvalue weighted by Gasteiger charge is -2.19. The van der Waals surface area contributed by atoms with E-state index in [1.165, 1.54) is 48.8 Å². The molecule has 0 radical (unpaired) electrons. The van der Waals surface area contributed by atoms with Gasteiger partial charge in [-0.2, -0.15) is 0 Å². The summed E-state index contributed by atoms with van der Waals surface area (Å²) < 4.78 is 19.9. The van der Waals surface area contributed by atoms with E-state index < -0.39 is 23.5 Å². The molecule has 0 saturated heterocycles. The van der Waals surface area contributed by atoms with Crippen LogP contribution in [0.15, 0.2) is 60.6 Å². The monoisotopic (exact) mass is 439 g/mol. The first kappa shape index (κ1) is 20.6. The van der Waals surface area contributed by atoms with Crippen LogP contribution in [0.1, 0.15) is 39.4 Å². The third-order valence-electron chi connectivity index (χ3n) is 4.94. The van der Waals surface area contributed by atoms with Crippen molar-refractivity contribution >= 4 is 29.4 Å². The third kappa shape index (κ3) is 3.87. The van der Waals surface area contributed by atoms with Crippen LogP contribution in [0.4, 0.5) is 4.39 Å². The molecule has 1 aliphatic rings. The van der Waals surface area contributed by atoms with E-state index in [9.17, 15) is 24.2 Å². The fourth-order valence-electron chi connectivity index (χ4n) is 3.52. The van der Waals surface area contributed by atoms with Gasteiger partial charge in [-0.15, -0.1) is 0 Å². The van der Waals surface area contributed by atoms with E-state index in [2.05, 4.69) is 4.98 Å². The number of pyridine rings is 1. The Kier molecular flexibility index (Phi) is 5.44. The van der Waals surface area contributed by atoms with Gasteiger partial charge in [0.1, 0.15) is 17.3 Å². The van der Waals surface area contributed by atoms with E-state index in [4.69, 9.17) is 16.3 Å². The molecule has 0 unspecified atom stereocenters. The molecule has 0 fully saturated rings. The van der Waals surface area contributed by atoms with Crippen LogP contribution >= 0.6 is 11.6 Å². The van der Waals surface area contributed by atoms with E-state index in [0.717, 1.165) is 0 Å². The molecule has 0 bridgehead atoms. The van der Waals surface area contributed by atoms with Crippen molar-refractivity contribution in [3.05, 3.63) is 93.7 Å². The zero-order valence-corrected chi connectivity index (χ0v) is 16.6. The zero-order chi connectivity index (χ0) is 22.1. The number of carbonyl (C=O) groups is 2. The summed E-state index contributed by atoms with van der Waals surface area (Å²) in [5.74, 6) is -3.49. The number of rotatable bonds is 5. The largest absolute Gasteiger partial charge is 0.508 e. The molecule has 2 aromatic carbocycles. The molecule has 8 heteroatoms. The lowest BCUT2D eigenvalue weighted by atomic mass is 9.87. The van der Waals surface area contributed by atoms with Crippen LogP contribution in [0.2, 0.25) is 5.02 Å². The van der Waals surface area contributed by atoms with E-state index in [0.29, 0.717) is 5.56 Å². The van der Waals surface area contributed by atoms with Gasteiger partial charge in [0.15, 0.2) is 5.76 Å². The Morgan fingerprint density at radius 1 is 1.23 bits per heavy atom. The highest BCUT2D eigenvalue weighted by Gasteiger charge is 2.35. The van der Waals surface area contributed by atoms with Gasteiger partial charge < -0.3 is 14.9 Å². The van der Waals surface area contributed by atoms with Crippen molar-refractivity contribution in [3.63, 3.8) is 0 Å². The van der Waals surface area contributed by atoms with E-state index >= 15 is 0 Å². The molecule has 2 heterocycles. The van der Waals surface area contributed by atoms with Crippen LogP contribution < -0.4 is 4.74 Å². The molecule has 1 atom stereocenters. The third-order valence-corrected chi connectivity index (χ3v) is 5.27. The number of phenolic OH excluding ortho intramolecular Hbond substituents is 1. The smallest absolute Gasteiger partial charge is 0.304 e. The molecule has 4 rings (SSSR count). The molecular formula is C23H15ClFNO5. The summed E-state index contributed by atoms with van der Waals surface area (Å²) in [6.07, 6.45) is 3.84. The number of Topliss-reactive ketones (excluding diaryl/α,β-unsaturated/α-hetero) is 1. The maximum absolute atomic E-state index is 14.2. The number of aliphatic carboxylic acids is 1. The van der Waals surface area contributed by atoms with Gasteiger partial charge in [-0.05, 0) is 42.0 Å². The first-order valence-corrected chi connectivity index (χ1v) is 9.60. The number of phenols is 1. The molecule has 1 aromatic heterocycles. The molecule has 0 spiro atoms. The van der Waals surface area contributed by atoms with Gasteiger partial charge in [0.2, 0.25) is 5.78 Å². The highest BCUT2D eigenvalue weighted by atomic mass is 35.5. The van der Waals surface area contributed by atoms with Crippen molar-refractivity contribution in [3.8, 4) is 11.5 Å². The Labute approximate surface area is 181 Å². The predicted octanol–water partition coefficient (Wildman–Crippen LogP) is 4.80. The van der Waals surface area contributed by atoms with Crippen molar-refractivity contribution in [2.24, 2.45) is 0 Å². The van der Waals surface area contributed by atoms with Crippen LogP contribution in [0.25, 0.3) is 6.08 Å². The van der Waals surface area contributed by atoms with E-state index in [1.54, 1.807) is 12.1 Å². The normalized spacial score (nSPS) is 14.9. The Morgan fingerprint density at radius 3 is 2.71 bits per heavy atom. The van der Waals surface area contributed by atoms with Gasteiger partial charge in [0, 0.05) is 29.4 Å². The number of carboxylic acid groups (broad SMARTS) is 1. The maximum Gasteiger partial charge on any atom is 0.304 e. The fourth-order valence-corrected chi connectivity index (χ4v) is 3.74. The number of carboxylic acids is 1. The molecule has 156 valence electrons. The van der Waals surface area contributed by atoms with Crippen molar-refractivity contribution in [1.29, 1.82) is 0 Å². The Hall–Kier alpha value is -3.71. The number of hydrogen-bond acceptors (Lipinski definition) is 5. The molecule has 31 heavy (non-hydrogen) atoms. The van der Waals surface area contributed by atoms with Crippen LogP contribution in [0.5, 0.6) is 11.5 Å². The second-order valence-corrected chi connectivity index (χ2v) is 7.29. The number of carbonyl (C=O) groups excluding carboxylic acids is 1. The minimum atomic E-state index is -1.11. The van der Waals surface area contributed by atoms with Crippen molar-refractivity contribution in [2.75, 3.05) is 0 Å². The average Bonchev–Trinajstić information content (AvgIpc) is 3.05. The first-order chi connectivity index (χ1) is 14.9. The predicted molar refractivity (Wildman–Crippen MR) is 111 cm³/mol. The Balaban J connectivity index is 1.85. The van der Waals surface area contributed by atoms with Gasteiger partial charge in [-0.3, -0.25) is 14.6 Å². The minimum absolute atomic E-state index is 0.0135. The van der Waals surface area contributed by atoms with Crippen molar-refractivity contribution in [1.82, 2.24) is 4.98 Å². The number of fused-ring (bicyclic) bond motifs is 1. The lowest BCUT2D eigenvalue weighted by molar-refractivity contribution is -0.137. The second kappa shape index (κ2) is 8.20. The molecule has 0 aliphatic carbocycles. The second-order valence-electron chi connectivity index (χ2n) is 6.89. The quantitative estimate of drug-likeness (QED) is 0.554. The fraction of sp³-hybridized carbons (Fsp3) is 0.0870. The Bertz CT molecular complexity index is 1210. The SMILES string of the molecule is O=C(O)C[C@H](c1cccnc1)c1c(O)ccc2c1O/C(=C\c1c(F)cccc1Cl)C2=O. The number of halogens is 2. The number of hydrogen-bond donors (Lipinski definition) is 2. The number of aromatic nitrogens is 1. The van der Waals surface area contributed by atoms with Crippen molar-refractivity contribution in [2.45, 2.75) is 12.3 Å². The summed E-state index contributed by atoms with van der Waals surface area (Å²) >= 11 is 6.05. The molecular weight excluding hydrogens is 425 g/mol. The first-order valence-electron chi connectivity index (χ1n) is 9.22. The van der Waals surface area contributed by atoms with Gasteiger partial charge in [-0.25, -0.2) is 4.39 Å². The maximum atomic E-state index is 14.2. The summed E-state index contributed by atoms with van der Waals surface area (Å²) in [7, 11) is 0.